The highest BCUT2D eigenvalue weighted by Gasteiger charge is 2.25. The number of halogens is 2. The second-order valence-corrected chi connectivity index (χ2v) is 12.2. The summed E-state index contributed by atoms with van der Waals surface area (Å²) < 4.78 is 5.27. The molecule has 2 heterocycles. The molecule has 0 bridgehead atoms. The first-order valence-electron chi connectivity index (χ1n) is 14.7. The Morgan fingerprint density at radius 1 is 0.727 bits per heavy atom. The van der Waals surface area contributed by atoms with Gasteiger partial charge in [0.15, 0.2) is 0 Å². The van der Waals surface area contributed by atoms with E-state index in [1.807, 2.05) is 73.9 Å². The Morgan fingerprint density at radius 3 is 1.82 bits per heavy atom. The zero-order valence-electron chi connectivity index (χ0n) is 24.6. The number of nitrogens with zero attached hydrogens (tertiary/aromatic N) is 2. The number of benzene rings is 4. The van der Waals surface area contributed by atoms with Crippen molar-refractivity contribution in [2.75, 3.05) is 20.1 Å². The summed E-state index contributed by atoms with van der Waals surface area (Å²) in [5.41, 5.74) is 9.92. The second-order valence-electron chi connectivity index (χ2n) is 10.8. The highest BCUT2D eigenvalue weighted by atomic mass is 79.9. The fourth-order valence-corrected chi connectivity index (χ4v) is 6.48. The first kappa shape index (κ1) is 32.0. The van der Waals surface area contributed by atoms with Crippen LogP contribution >= 0.6 is 27.5 Å². The van der Waals surface area contributed by atoms with Gasteiger partial charge in [0.25, 0.3) is 0 Å². The summed E-state index contributed by atoms with van der Waals surface area (Å²) in [6, 6.07) is 36.0. The number of likely N-dealkylation sites (N-methyl/N-ethyl adjacent to an activating group) is 1. The van der Waals surface area contributed by atoms with E-state index in [9.17, 15) is 10.2 Å². The molecule has 0 amide bonds. The van der Waals surface area contributed by atoms with Crippen molar-refractivity contribution >= 4 is 49.3 Å². The van der Waals surface area contributed by atoms with E-state index < -0.39 is 12.2 Å². The summed E-state index contributed by atoms with van der Waals surface area (Å²) in [6.45, 7) is 0.973. The molecule has 0 fully saturated rings. The van der Waals surface area contributed by atoms with Crippen LogP contribution in [0.2, 0.25) is 5.02 Å². The van der Waals surface area contributed by atoms with E-state index in [0.29, 0.717) is 24.5 Å². The van der Waals surface area contributed by atoms with Crippen LogP contribution in [0.5, 0.6) is 0 Å². The first-order chi connectivity index (χ1) is 21.4. The normalized spacial score (nSPS) is 14.1. The van der Waals surface area contributed by atoms with Crippen molar-refractivity contribution in [2.45, 2.75) is 30.7 Å². The topological polar surface area (TPSA) is 88.4 Å². The largest absolute Gasteiger partial charge is 0.391 e. The SMILES string of the molecule is CNC[C@@H](O)[C@H](c1cccc(Br)c1)n1ccc2ccccc21.NCC[C@@H](O)[C@H](c1cccc(Cl)c1)n1ccc2ccccc21. The molecule has 0 saturated carbocycles. The molecular weight excluding hydrogens is 636 g/mol. The number of nitrogens with two attached hydrogens (primary N) is 1. The van der Waals surface area contributed by atoms with E-state index >= 15 is 0 Å². The van der Waals surface area contributed by atoms with Crippen LogP contribution in [-0.2, 0) is 0 Å². The van der Waals surface area contributed by atoms with Crippen LogP contribution in [0.15, 0.2) is 126 Å². The maximum atomic E-state index is 10.7. The molecule has 0 aliphatic rings. The summed E-state index contributed by atoms with van der Waals surface area (Å²) in [5.74, 6) is 0. The van der Waals surface area contributed by atoms with Crippen LogP contribution in [-0.4, -0.2) is 51.7 Å². The lowest BCUT2D eigenvalue weighted by molar-refractivity contribution is 0.125. The third-order valence-corrected chi connectivity index (χ3v) is 8.57. The van der Waals surface area contributed by atoms with Gasteiger partial charge in [-0.3, -0.25) is 0 Å². The maximum Gasteiger partial charge on any atom is 0.0912 e. The molecule has 6 aromatic rings. The number of aliphatic hydroxyl groups is 2. The number of hydrogen-bond donors (Lipinski definition) is 4. The summed E-state index contributed by atoms with van der Waals surface area (Å²) in [6.07, 6.45) is 3.50. The molecule has 0 spiro atoms. The van der Waals surface area contributed by atoms with Crippen LogP contribution in [0, 0.1) is 0 Å². The zero-order chi connectivity index (χ0) is 31.1. The van der Waals surface area contributed by atoms with Crippen LogP contribution in [0.3, 0.4) is 0 Å². The lowest BCUT2D eigenvalue weighted by atomic mass is 9.98. The van der Waals surface area contributed by atoms with Crippen LogP contribution in [0.4, 0.5) is 0 Å². The van der Waals surface area contributed by atoms with E-state index in [1.165, 1.54) is 5.39 Å². The Morgan fingerprint density at radius 2 is 1.27 bits per heavy atom. The molecule has 2 aromatic heterocycles. The van der Waals surface area contributed by atoms with Crippen molar-refractivity contribution in [1.29, 1.82) is 0 Å². The Balaban J connectivity index is 0.000000175. The van der Waals surface area contributed by atoms with E-state index in [4.69, 9.17) is 17.3 Å². The molecule has 8 heteroatoms. The lowest BCUT2D eigenvalue weighted by Gasteiger charge is -2.26. The van der Waals surface area contributed by atoms with Gasteiger partial charge in [-0.05, 0) is 90.4 Å². The Hall–Kier alpha value is -3.43. The van der Waals surface area contributed by atoms with Crippen LogP contribution in [0.1, 0.15) is 29.6 Å². The Kier molecular flexibility index (Phi) is 10.9. The van der Waals surface area contributed by atoms with Crippen LogP contribution < -0.4 is 11.1 Å². The lowest BCUT2D eigenvalue weighted by Crippen LogP contribution is -2.33. The van der Waals surface area contributed by atoms with Crippen molar-refractivity contribution in [2.24, 2.45) is 5.73 Å². The highest BCUT2D eigenvalue weighted by Crippen LogP contribution is 2.31. The molecule has 5 N–H and O–H groups in total. The predicted molar refractivity (Wildman–Crippen MR) is 185 cm³/mol. The quantitative estimate of drug-likeness (QED) is 0.124. The third kappa shape index (κ3) is 7.26. The van der Waals surface area contributed by atoms with E-state index in [1.54, 1.807) is 0 Å². The average molecular weight is 674 g/mol. The van der Waals surface area contributed by atoms with Gasteiger partial charge in [-0.25, -0.2) is 0 Å². The molecule has 0 radical (unpaired) electrons. The van der Waals surface area contributed by atoms with Gasteiger partial charge in [-0.2, -0.15) is 0 Å². The van der Waals surface area contributed by atoms with Crippen molar-refractivity contribution in [3.63, 3.8) is 0 Å². The van der Waals surface area contributed by atoms with Gasteiger partial charge >= 0.3 is 0 Å². The fraction of sp³-hybridized carbons (Fsp3) is 0.222. The van der Waals surface area contributed by atoms with Gasteiger partial charge in [0.2, 0.25) is 0 Å². The van der Waals surface area contributed by atoms with Crippen molar-refractivity contribution in [3.05, 3.63) is 142 Å². The third-order valence-electron chi connectivity index (χ3n) is 7.84. The summed E-state index contributed by atoms with van der Waals surface area (Å²) in [5, 5.41) is 27.4. The molecule has 4 aromatic carbocycles. The number of rotatable bonds is 10. The smallest absolute Gasteiger partial charge is 0.0912 e. The fourth-order valence-electron chi connectivity index (χ4n) is 5.86. The molecule has 6 nitrogen and oxygen atoms in total. The zero-order valence-corrected chi connectivity index (χ0v) is 26.9. The average Bonchev–Trinajstić information content (AvgIpc) is 3.63. The van der Waals surface area contributed by atoms with Crippen molar-refractivity contribution in [3.8, 4) is 0 Å². The van der Waals surface area contributed by atoms with Gasteiger partial charge in [-0.1, -0.05) is 88.2 Å². The van der Waals surface area contributed by atoms with Gasteiger partial charge < -0.3 is 30.4 Å². The number of para-hydroxylation sites is 2. The maximum absolute atomic E-state index is 10.7. The molecule has 6 rings (SSSR count). The van der Waals surface area contributed by atoms with Gasteiger partial charge in [0.1, 0.15) is 0 Å². The molecule has 4 atom stereocenters. The Labute approximate surface area is 271 Å². The molecule has 228 valence electrons. The van der Waals surface area contributed by atoms with E-state index in [2.05, 4.69) is 85.1 Å². The number of hydrogen-bond acceptors (Lipinski definition) is 4. The number of aliphatic hydroxyl groups excluding tert-OH is 2. The number of nitrogens with one attached hydrogen (secondary N) is 1. The standard InChI is InChI=1S/C18H19BrN2O.C18H19ClN2O/c1-20-12-17(22)18(14-6-4-7-15(19)11-14)21-10-9-13-5-2-3-8-16(13)21;19-15-6-3-5-14(12-15)18(17(22)8-10-20)21-11-9-13-4-1-2-7-16(13)21/h2-11,17-18,20,22H,12H2,1H3;1-7,9,11-12,17-18,22H,8,10,20H2/t2*17-,18+/m11/s1. The van der Waals surface area contributed by atoms with Gasteiger partial charge in [-0.15, -0.1) is 0 Å². The van der Waals surface area contributed by atoms with Crippen molar-refractivity contribution < 1.29 is 10.2 Å². The summed E-state index contributed by atoms with van der Waals surface area (Å²) in [4.78, 5) is 0. The molecule has 44 heavy (non-hydrogen) atoms. The first-order valence-corrected chi connectivity index (χ1v) is 15.9. The minimum absolute atomic E-state index is 0.134. The van der Waals surface area contributed by atoms with Gasteiger partial charge in [0, 0.05) is 39.5 Å². The second kappa shape index (κ2) is 15.0. The molecule has 0 aliphatic heterocycles. The summed E-state index contributed by atoms with van der Waals surface area (Å²) in [7, 11) is 1.86. The minimum Gasteiger partial charge on any atom is -0.391 e. The predicted octanol–water partition coefficient (Wildman–Crippen LogP) is 7.17. The summed E-state index contributed by atoms with van der Waals surface area (Å²) >= 11 is 9.66. The molecule has 0 aliphatic carbocycles. The molecule has 0 unspecified atom stereocenters. The monoisotopic (exact) mass is 672 g/mol. The molecular formula is C36H38BrClN4O2. The minimum atomic E-state index is -0.570. The van der Waals surface area contributed by atoms with E-state index in [-0.39, 0.29) is 12.1 Å². The van der Waals surface area contributed by atoms with Crippen molar-refractivity contribution in [1.82, 2.24) is 14.5 Å². The Bertz CT molecular complexity index is 1670. The van der Waals surface area contributed by atoms with Crippen LogP contribution in [0.25, 0.3) is 21.8 Å². The van der Waals surface area contributed by atoms with E-state index in [0.717, 1.165) is 32.0 Å². The number of aromatic nitrogens is 2. The number of fused-ring (bicyclic) bond motifs is 2. The highest BCUT2D eigenvalue weighted by molar-refractivity contribution is 9.10. The molecule has 0 saturated heterocycles. The van der Waals surface area contributed by atoms with Gasteiger partial charge in [0.05, 0.1) is 24.3 Å².